The van der Waals surface area contributed by atoms with Gasteiger partial charge in [0.2, 0.25) is 0 Å². The minimum absolute atomic E-state index is 0.298. The van der Waals surface area contributed by atoms with Crippen LogP contribution in [-0.4, -0.2) is 32.7 Å². The second-order valence-electron chi connectivity index (χ2n) is 7.25. The molecule has 4 aromatic rings. The van der Waals surface area contributed by atoms with Gasteiger partial charge in [0.05, 0.1) is 30.6 Å². The van der Waals surface area contributed by atoms with Crippen LogP contribution in [0.5, 0.6) is 5.75 Å². The molecule has 33 heavy (non-hydrogen) atoms. The smallest absolute Gasteiger partial charge is 0.406 e. The Morgan fingerprint density at radius 2 is 1.88 bits per heavy atom. The largest absolute Gasteiger partial charge is 0.573 e. The zero-order chi connectivity index (χ0) is 23.0. The molecule has 11 heteroatoms. The highest BCUT2D eigenvalue weighted by molar-refractivity contribution is 5.80. The number of hydrazone groups is 1. The summed E-state index contributed by atoms with van der Waals surface area (Å²) in [7, 11) is 0. The van der Waals surface area contributed by atoms with Crippen molar-refractivity contribution in [3.63, 3.8) is 0 Å². The number of aromatic amines is 1. The number of nitrogens with zero attached hydrogens (tertiary/aromatic N) is 4. The first-order valence-corrected chi connectivity index (χ1v) is 9.78. The van der Waals surface area contributed by atoms with Crippen LogP contribution in [0.4, 0.5) is 17.6 Å². The molecule has 0 saturated heterocycles. The van der Waals surface area contributed by atoms with Gasteiger partial charge >= 0.3 is 6.36 Å². The maximum absolute atomic E-state index is 14.1. The average molecular weight is 457 g/mol. The molecule has 1 aliphatic rings. The standard InChI is InChI=1S/C22H15F4N5O2/c23-17-4-2-1-3-16(17)21-28-19-10-27-31(12-20(19)29-21)11-15-9-18(30-33-15)13-5-7-14(8-6-13)32-22(24,25)26/h1-10H,11-12H2,(H,28,29). The van der Waals surface area contributed by atoms with Gasteiger partial charge in [-0.3, -0.25) is 5.01 Å². The van der Waals surface area contributed by atoms with E-state index in [1.807, 2.05) is 0 Å². The van der Waals surface area contributed by atoms with Crippen molar-refractivity contribution in [2.24, 2.45) is 5.10 Å². The van der Waals surface area contributed by atoms with Crippen molar-refractivity contribution in [2.75, 3.05) is 0 Å². The number of nitrogens with one attached hydrogen (secondary N) is 1. The van der Waals surface area contributed by atoms with Crippen molar-refractivity contribution in [3.8, 4) is 28.4 Å². The van der Waals surface area contributed by atoms with E-state index in [0.29, 0.717) is 47.2 Å². The second-order valence-corrected chi connectivity index (χ2v) is 7.25. The van der Waals surface area contributed by atoms with Gasteiger partial charge in [0, 0.05) is 11.6 Å². The number of fused-ring (bicyclic) bond motifs is 1. The number of benzene rings is 2. The Balaban J connectivity index is 1.26. The number of hydrogen-bond acceptors (Lipinski definition) is 6. The molecule has 0 amide bonds. The number of halogens is 4. The summed E-state index contributed by atoms with van der Waals surface area (Å²) in [6, 6.07) is 13.4. The molecule has 1 aliphatic heterocycles. The Morgan fingerprint density at radius 1 is 1.09 bits per heavy atom. The van der Waals surface area contributed by atoms with E-state index in [-0.39, 0.29) is 11.6 Å². The van der Waals surface area contributed by atoms with Crippen LogP contribution in [0.25, 0.3) is 22.6 Å². The van der Waals surface area contributed by atoms with Gasteiger partial charge in [-0.1, -0.05) is 17.3 Å². The number of rotatable bonds is 5. The summed E-state index contributed by atoms with van der Waals surface area (Å²) in [6.45, 7) is 0.694. The molecule has 2 aromatic heterocycles. The third-order valence-electron chi connectivity index (χ3n) is 4.90. The van der Waals surface area contributed by atoms with Gasteiger partial charge in [0.25, 0.3) is 0 Å². The lowest BCUT2D eigenvalue weighted by Crippen LogP contribution is -2.21. The van der Waals surface area contributed by atoms with E-state index in [2.05, 4.69) is 25.0 Å². The molecule has 0 saturated carbocycles. The van der Waals surface area contributed by atoms with Crippen LogP contribution in [0.2, 0.25) is 0 Å². The Bertz CT molecular complexity index is 1310. The van der Waals surface area contributed by atoms with E-state index < -0.39 is 6.36 Å². The minimum atomic E-state index is -4.75. The van der Waals surface area contributed by atoms with Crippen LogP contribution in [-0.2, 0) is 13.1 Å². The fourth-order valence-electron chi connectivity index (χ4n) is 3.42. The lowest BCUT2D eigenvalue weighted by molar-refractivity contribution is -0.274. The molecular formula is C22H15F4N5O2. The maximum atomic E-state index is 14.1. The topological polar surface area (TPSA) is 79.5 Å². The lowest BCUT2D eigenvalue weighted by atomic mass is 10.1. The molecule has 2 aromatic carbocycles. The van der Waals surface area contributed by atoms with Crippen LogP contribution in [0.3, 0.4) is 0 Å². The van der Waals surface area contributed by atoms with Crippen LogP contribution in [0.1, 0.15) is 17.1 Å². The molecule has 0 fully saturated rings. The number of imidazole rings is 1. The van der Waals surface area contributed by atoms with Gasteiger partial charge in [0.15, 0.2) is 5.76 Å². The molecule has 0 spiro atoms. The molecule has 168 valence electrons. The van der Waals surface area contributed by atoms with Crippen molar-refractivity contribution in [1.82, 2.24) is 20.1 Å². The molecule has 3 heterocycles. The quantitative estimate of drug-likeness (QED) is 0.421. The van der Waals surface area contributed by atoms with Crippen LogP contribution >= 0.6 is 0 Å². The van der Waals surface area contributed by atoms with Crippen molar-refractivity contribution >= 4 is 6.21 Å². The second kappa shape index (κ2) is 8.08. The molecule has 5 rings (SSSR count). The van der Waals surface area contributed by atoms with Gasteiger partial charge in [0.1, 0.15) is 28.8 Å². The summed E-state index contributed by atoms with van der Waals surface area (Å²) in [5.41, 5.74) is 2.83. The van der Waals surface area contributed by atoms with Gasteiger partial charge in [-0.15, -0.1) is 13.2 Å². The van der Waals surface area contributed by atoms with E-state index in [4.69, 9.17) is 4.52 Å². The molecule has 0 atom stereocenters. The van der Waals surface area contributed by atoms with Crippen LogP contribution in [0.15, 0.2) is 64.2 Å². The zero-order valence-electron chi connectivity index (χ0n) is 16.8. The lowest BCUT2D eigenvalue weighted by Gasteiger charge is -2.19. The van der Waals surface area contributed by atoms with Crippen LogP contribution < -0.4 is 4.74 Å². The van der Waals surface area contributed by atoms with Crippen molar-refractivity contribution in [1.29, 1.82) is 0 Å². The first-order valence-electron chi connectivity index (χ1n) is 9.78. The third kappa shape index (κ3) is 4.56. The summed E-state index contributed by atoms with van der Waals surface area (Å²) in [5, 5.41) is 10.0. The molecular weight excluding hydrogens is 442 g/mol. The monoisotopic (exact) mass is 457 g/mol. The van der Waals surface area contributed by atoms with Gasteiger partial charge < -0.3 is 14.2 Å². The highest BCUT2D eigenvalue weighted by Crippen LogP contribution is 2.27. The third-order valence-corrected chi connectivity index (χ3v) is 4.90. The normalized spacial score (nSPS) is 13.3. The SMILES string of the molecule is Fc1ccccc1-c1nc2c([nH]1)CN(Cc1cc(-c3ccc(OC(F)(F)F)cc3)no1)N=C2. The molecule has 0 bridgehead atoms. The van der Waals surface area contributed by atoms with Crippen molar-refractivity contribution in [2.45, 2.75) is 19.5 Å². The van der Waals surface area contributed by atoms with E-state index in [1.54, 1.807) is 35.5 Å². The number of H-pyrrole nitrogens is 1. The maximum Gasteiger partial charge on any atom is 0.573 e. The number of ether oxygens (including phenoxy) is 1. The van der Waals surface area contributed by atoms with Gasteiger partial charge in [-0.2, -0.15) is 5.10 Å². The van der Waals surface area contributed by atoms with Crippen molar-refractivity contribution in [3.05, 3.63) is 77.6 Å². The fourth-order valence-corrected chi connectivity index (χ4v) is 3.42. The first kappa shape index (κ1) is 20.7. The summed E-state index contributed by atoms with van der Waals surface area (Å²) in [6.07, 6.45) is -3.17. The minimum Gasteiger partial charge on any atom is -0.406 e. The Labute approximate surface area is 184 Å². The number of aromatic nitrogens is 3. The molecule has 0 unspecified atom stereocenters. The number of hydrogen-bond donors (Lipinski definition) is 1. The molecule has 0 aliphatic carbocycles. The Morgan fingerprint density at radius 3 is 2.64 bits per heavy atom. The highest BCUT2D eigenvalue weighted by Gasteiger charge is 2.31. The number of alkyl halides is 3. The Hall–Kier alpha value is -4.15. The van der Waals surface area contributed by atoms with Gasteiger partial charge in [-0.05, 0) is 36.4 Å². The van der Waals surface area contributed by atoms with Gasteiger partial charge in [-0.25, -0.2) is 9.37 Å². The molecule has 0 radical (unpaired) electrons. The van der Waals surface area contributed by atoms with Crippen molar-refractivity contribution < 1.29 is 26.8 Å². The first-order chi connectivity index (χ1) is 15.8. The average Bonchev–Trinajstić information content (AvgIpc) is 3.40. The summed E-state index contributed by atoms with van der Waals surface area (Å²) < 4.78 is 60.2. The summed E-state index contributed by atoms with van der Waals surface area (Å²) in [5.74, 6) is 0.244. The predicted octanol–water partition coefficient (Wildman–Crippen LogP) is 5.12. The fraction of sp³-hybridized carbons (Fsp3) is 0.136. The van der Waals surface area contributed by atoms with E-state index >= 15 is 0 Å². The van der Waals surface area contributed by atoms with E-state index in [1.165, 1.54) is 30.3 Å². The highest BCUT2D eigenvalue weighted by atomic mass is 19.4. The van der Waals surface area contributed by atoms with E-state index in [9.17, 15) is 17.6 Å². The van der Waals surface area contributed by atoms with E-state index in [0.717, 1.165) is 5.69 Å². The summed E-state index contributed by atoms with van der Waals surface area (Å²) >= 11 is 0. The van der Waals surface area contributed by atoms with Crippen LogP contribution in [0, 0.1) is 5.82 Å². The zero-order valence-corrected chi connectivity index (χ0v) is 16.8. The summed E-state index contributed by atoms with van der Waals surface area (Å²) in [4.78, 5) is 7.55. The molecule has 7 nitrogen and oxygen atoms in total. The molecule has 1 N–H and O–H groups in total. The Kier molecular flexibility index (Phi) is 5.08. The predicted molar refractivity (Wildman–Crippen MR) is 109 cm³/mol.